The lowest BCUT2D eigenvalue weighted by Gasteiger charge is -2.14. The summed E-state index contributed by atoms with van der Waals surface area (Å²) in [4.78, 5) is 24.3. The van der Waals surface area contributed by atoms with Gasteiger partial charge in [-0.2, -0.15) is 0 Å². The first-order valence-electron chi connectivity index (χ1n) is 10.3. The molecular formula is C22H26F2N6O3. The number of amides is 2. The van der Waals surface area contributed by atoms with Crippen LogP contribution in [0.2, 0.25) is 0 Å². The maximum absolute atomic E-state index is 14.8. The molecule has 3 rings (SSSR count). The average Bonchev–Trinajstić information content (AvgIpc) is 2.74. The molecule has 2 aromatic heterocycles. The quantitative estimate of drug-likeness (QED) is 0.389. The number of rotatable bonds is 10. The number of urea groups is 1. The maximum atomic E-state index is 14.8. The Bertz CT molecular complexity index is 1090. The predicted molar refractivity (Wildman–Crippen MR) is 121 cm³/mol. The third-order valence-corrected chi connectivity index (χ3v) is 4.49. The number of halogens is 2. The van der Waals surface area contributed by atoms with Gasteiger partial charge in [0, 0.05) is 25.8 Å². The van der Waals surface area contributed by atoms with E-state index >= 15 is 0 Å². The van der Waals surface area contributed by atoms with Gasteiger partial charge in [-0.25, -0.2) is 28.5 Å². The Morgan fingerprint density at radius 1 is 1.15 bits per heavy atom. The van der Waals surface area contributed by atoms with Gasteiger partial charge in [-0.15, -0.1) is 0 Å². The van der Waals surface area contributed by atoms with Gasteiger partial charge in [0.2, 0.25) is 0 Å². The number of alkyl halides is 1. The largest absolute Gasteiger partial charge is 0.491 e. The van der Waals surface area contributed by atoms with E-state index in [-0.39, 0.29) is 30.8 Å². The van der Waals surface area contributed by atoms with Crippen LogP contribution in [0.3, 0.4) is 0 Å². The first-order chi connectivity index (χ1) is 15.7. The Balaban J connectivity index is 1.65. The summed E-state index contributed by atoms with van der Waals surface area (Å²) in [6.07, 6.45) is 2.98. The number of fused-ring (bicyclic) bond motifs is 1. The summed E-state index contributed by atoms with van der Waals surface area (Å²) >= 11 is 0. The molecule has 2 heterocycles. The van der Waals surface area contributed by atoms with E-state index < -0.39 is 17.5 Å². The molecule has 176 valence electrons. The topological polar surface area (TPSA) is 110 Å². The molecule has 0 aliphatic heterocycles. The zero-order valence-electron chi connectivity index (χ0n) is 18.6. The summed E-state index contributed by atoms with van der Waals surface area (Å²) in [6, 6.07) is 5.62. The number of anilines is 3. The summed E-state index contributed by atoms with van der Waals surface area (Å²) in [5, 5.41) is 8.34. The molecule has 0 atom stereocenters. The summed E-state index contributed by atoms with van der Waals surface area (Å²) in [5.41, 5.74) is -0.457. The van der Waals surface area contributed by atoms with Crippen molar-refractivity contribution in [1.29, 1.82) is 0 Å². The average molecular weight is 460 g/mol. The molecule has 0 radical (unpaired) electrons. The SMILES string of the molecule is COCCOc1cc(F)c2c(Nc3ccc(NC(=O)NCCC(C)(C)F)nc3)ncnc2c1. The second kappa shape index (κ2) is 10.8. The van der Waals surface area contributed by atoms with Crippen molar-refractivity contribution in [1.82, 2.24) is 20.3 Å². The van der Waals surface area contributed by atoms with Crippen LogP contribution in [0.4, 0.5) is 30.9 Å². The zero-order chi connectivity index (χ0) is 23.8. The molecule has 3 N–H and O–H groups in total. The van der Waals surface area contributed by atoms with Gasteiger partial charge in [0.1, 0.15) is 41.8 Å². The monoisotopic (exact) mass is 460 g/mol. The molecule has 33 heavy (non-hydrogen) atoms. The fourth-order valence-corrected chi connectivity index (χ4v) is 2.85. The molecule has 3 aromatic rings. The van der Waals surface area contributed by atoms with Crippen molar-refractivity contribution in [3.63, 3.8) is 0 Å². The summed E-state index contributed by atoms with van der Waals surface area (Å²) in [7, 11) is 1.55. The number of nitrogens with zero attached hydrogens (tertiary/aromatic N) is 3. The molecule has 0 spiro atoms. The third-order valence-electron chi connectivity index (χ3n) is 4.49. The van der Waals surface area contributed by atoms with Crippen molar-refractivity contribution in [2.45, 2.75) is 25.9 Å². The van der Waals surface area contributed by atoms with Crippen LogP contribution in [-0.2, 0) is 4.74 Å². The van der Waals surface area contributed by atoms with Gasteiger partial charge >= 0.3 is 6.03 Å². The third kappa shape index (κ3) is 7.21. The lowest BCUT2D eigenvalue weighted by atomic mass is 10.1. The molecule has 0 aliphatic carbocycles. The van der Waals surface area contributed by atoms with Crippen LogP contribution in [0.1, 0.15) is 20.3 Å². The van der Waals surface area contributed by atoms with Crippen molar-refractivity contribution in [3.8, 4) is 5.75 Å². The number of hydrogen-bond donors (Lipinski definition) is 3. The van der Waals surface area contributed by atoms with E-state index in [0.717, 1.165) is 0 Å². The van der Waals surface area contributed by atoms with Crippen LogP contribution in [0.25, 0.3) is 10.9 Å². The number of nitrogens with one attached hydrogen (secondary N) is 3. The first-order valence-corrected chi connectivity index (χ1v) is 10.3. The molecule has 9 nitrogen and oxygen atoms in total. The zero-order valence-corrected chi connectivity index (χ0v) is 18.6. The van der Waals surface area contributed by atoms with Gasteiger partial charge in [-0.3, -0.25) is 5.32 Å². The number of carbonyl (C=O) groups excluding carboxylic acids is 1. The van der Waals surface area contributed by atoms with Crippen LogP contribution >= 0.6 is 0 Å². The number of pyridine rings is 1. The highest BCUT2D eigenvalue weighted by Crippen LogP contribution is 2.29. The van der Waals surface area contributed by atoms with Gasteiger partial charge in [0.15, 0.2) is 0 Å². The van der Waals surface area contributed by atoms with Crippen molar-refractivity contribution in [2.24, 2.45) is 0 Å². The molecule has 0 aliphatic rings. The van der Waals surface area contributed by atoms with Gasteiger partial charge < -0.3 is 20.1 Å². The fourth-order valence-electron chi connectivity index (χ4n) is 2.85. The number of ether oxygens (including phenoxy) is 2. The van der Waals surface area contributed by atoms with Crippen molar-refractivity contribution >= 4 is 34.3 Å². The Hall–Kier alpha value is -3.60. The minimum atomic E-state index is -1.36. The molecule has 2 amide bonds. The second-order valence-corrected chi connectivity index (χ2v) is 7.77. The highest BCUT2D eigenvalue weighted by Gasteiger charge is 2.15. The Kier molecular flexibility index (Phi) is 7.88. The molecule has 0 saturated heterocycles. The van der Waals surface area contributed by atoms with Gasteiger partial charge in [0.05, 0.1) is 29.4 Å². The summed E-state index contributed by atoms with van der Waals surface area (Å²) in [5.74, 6) is 0.360. The lowest BCUT2D eigenvalue weighted by molar-refractivity contribution is 0.146. The van der Waals surface area contributed by atoms with E-state index in [4.69, 9.17) is 9.47 Å². The van der Waals surface area contributed by atoms with Crippen LogP contribution in [0, 0.1) is 5.82 Å². The minimum Gasteiger partial charge on any atom is -0.491 e. The van der Waals surface area contributed by atoms with E-state index in [1.807, 2.05) is 0 Å². The van der Waals surface area contributed by atoms with Crippen molar-refractivity contribution < 1.29 is 23.0 Å². The second-order valence-electron chi connectivity index (χ2n) is 7.77. The number of benzene rings is 1. The number of aromatic nitrogens is 3. The molecule has 0 unspecified atom stereocenters. The molecule has 0 saturated carbocycles. The van der Waals surface area contributed by atoms with E-state index in [9.17, 15) is 13.6 Å². The Labute approximate surface area is 189 Å². The van der Waals surface area contributed by atoms with Crippen molar-refractivity contribution in [2.75, 3.05) is 37.5 Å². The molecular weight excluding hydrogens is 434 g/mol. The van der Waals surface area contributed by atoms with Crippen LogP contribution in [0.15, 0.2) is 36.8 Å². The summed E-state index contributed by atoms with van der Waals surface area (Å²) in [6.45, 7) is 3.76. The smallest absolute Gasteiger partial charge is 0.320 e. The van der Waals surface area contributed by atoms with E-state index in [1.54, 1.807) is 25.3 Å². The molecule has 0 bridgehead atoms. The van der Waals surface area contributed by atoms with Gasteiger partial charge in [-0.05, 0) is 32.4 Å². The first kappa shape index (κ1) is 24.1. The van der Waals surface area contributed by atoms with E-state index in [0.29, 0.717) is 29.4 Å². The summed E-state index contributed by atoms with van der Waals surface area (Å²) < 4.78 is 38.6. The molecule has 11 heteroatoms. The fraction of sp³-hybridized carbons (Fsp3) is 0.364. The van der Waals surface area contributed by atoms with Crippen LogP contribution in [0.5, 0.6) is 5.75 Å². The highest BCUT2D eigenvalue weighted by atomic mass is 19.1. The van der Waals surface area contributed by atoms with Crippen LogP contribution in [-0.4, -0.2) is 53.5 Å². The van der Waals surface area contributed by atoms with E-state index in [2.05, 4.69) is 30.9 Å². The molecule has 0 fully saturated rings. The number of carbonyl (C=O) groups is 1. The van der Waals surface area contributed by atoms with Gasteiger partial charge in [0.25, 0.3) is 0 Å². The Morgan fingerprint density at radius 2 is 1.97 bits per heavy atom. The lowest BCUT2D eigenvalue weighted by Crippen LogP contribution is -2.32. The van der Waals surface area contributed by atoms with Crippen LogP contribution < -0.4 is 20.7 Å². The maximum Gasteiger partial charge on any atom is 0.320 e. The molecule has 1 aromatic carbocycles. The number of methoxy groups -OCH3 is 1. The Morgan fingerprint density at radius 3 is 2.67 bits per heavy atom. The standard InChI is InChI=1S/C22H26F2N6O3/c1-22(2,24)6-7-25-21(31)30-18-5-4-14(12-26-18)29-20-19-16(23)10-15(33-9-8-32-3)11-17(19)27-13-28-20/h4-5,10-13H,6-9H2,1-3H3,(H,27,28,29)(H2,25,26,30,31). The predicted octanol–water partition coefficient (Wildman–Crippen LogP) is 4.19. The highest BCUT2D eigenvalue weighted by molar-refractivity contribution is 5.92. The van der Waals surface area contributed by atoms with E-state index in [1.165, 1.54) is 32.4 Å². The van der Waals surface area contributed by atoms with Gasteiger partial charge in [-0.1, -0.05) is 0 Å². The number of hydrogen-bond acceptors (Lipinski definition) is 7. The normalized spacial score (nSPS) is 11.3. The minimum absolute atomic E-state index is 0.195. The van der Waals surface area contributed by atoms with Crippen molar-refractivity contribution in [3.05, 3.63) is 42.6 Å².